The van der Waals surface area contributed by atoms with Gasteiger partial charge in [-0.3, -0.25) is 0 Å². The van der Waals surface area contributed by atoms with Crippen LogP contribution < -0.4 is 4.74 Å². The molecule has 2 aliphatic heterocycles. The van der Waals surface area contributed by atoms with Gasteiger partial charge in [-0.05, 0) is 56.4 Å². The highest BCUT2D eigenvalue weighted by atomic mass is 32.1. The summed E-state index contributed by atoms with van der Waals surface area (Å²) in [4.78, 5) is 2.54. The number of fused-ring (bicyclic) bond motifs is 3. The van der Waals surface area contributed by atoms with E-state index in [0.29, 0.717) is 18.2 Å². The molecule has 4 rings (SSSR count). The van der Waals surface area contributed by atoms with Crippen LogP contribution in [-0.2, 0) is 0 Å². The summed E-state index contributed by atoms with van der Waals surface area (Å²) in [5.74, 6) is 0.842. The van der Waals surface area contributed by atoms with Gasteiger partial charge in [0.25, 0.3) is 0 Å². The second-order valence-electron chi connectivity index (χ2n) is 5.75. The Morgan fingerprint density at radius 3 is 2.74 bits per heavy atom. The summed E-state index contributed by atoms with van der Waals surface area (Å²) < 4.78 is 11.9. The maximum absolute atomic E-state index is 6.21. The van der Waals surface area contributed by atoms with Crippen LogP contribution in [0.15, 0.2) is 24.3 Å². The van der Waals surface area contributed by atoms with Crippen LogP contribution in [0.4, 0.5) is 0 Å². The molecule has 100 valence electrons. The average Bonchev–Trinajstić information content (AvgIpc) is 2.89. The Morgan fingerprint density at radius 1 is 1.21 bits per heavy atom. The molecule has 1 unspecified atom stereocenters. The topological polar surface area (TPSA) is 25.4 Å². The lowest BCUT2D eigenvalue weighted by molar-refractivity contribution is 0.0649. The van der Waals surface area contributed by atoms with Crippen LogP contribution in [-0.4, -0.2) is 34.5 Å². The number of benzene rings is 1. The molecule has 3 atom stereocenters. The Balaban J connectivity index is 1.56. The molecule has 0 spiro atoms. The smallest absolute Gasteiger partial charge is 0.233 e. The van der Waals surface area contributed by atoms with Gasteiger partial charge in [0.1, 0.15) is 6.10 Å². The first-order valence-corrected chi connectivity index (χ1v) is 7.81. The van der Waals surface area contributed by atoms with Gasteiger partial charge >= 0.3 is 0 Å². The van der Waals surface area contributed by atoms with E-state index in [9.17, 15) is 0 Å². The molecule has 2 bridgehead atoms. The van der Waals surface area contributed by atoms with Crippen LogP contribution in [0.3, 0.4) is 0 Å². The van der Waals surface area contributed by atoms with Gasteiger partial charge in [-0.2, -0.15) is 4.37 Å². The average molecular weight is 274 g/mol. The molecule has 4 heteroatoms. The van der Waals surface area contributed by atoms with Crippen molar-refractivity contribution >= 4 is 21.6 Å². The van der Waals surface area contributed by atoms with E-state index in [2.05, 4.69) is 40.6 Å². The molecule has 3 heterocycles. The van der Waals surface area contributed by atoms with Crippen LogP contribution in [0.25, 0.3) is 10.1 Å². The number of piperidine rings is 1. The number of ether oxygens (including phenoxy) is 1. The van der Waals surface area contributed by atoms with Crippen molar-refractivity contribution in [3.05, 3.63) is 24.3 Å². The monoisotopic (exact) mass is 274 g/mol. The van der Waals surface area contributed by atoms with Gasteiger partial charge in [0.15, 0.2) is 0 Å². The lowest BCUT2D eigenvalue weighted by atomic mass is 10.0. The van der Waals surface area contributed by atoms with Gasteiger partial charge in [-0.1, -0.05) is 12.1 Å². The lowest BCUT2D eigenvalue weighted by Crippen LogP contribution is -2.43. The van der Waals surface area contributed by atoms with E-state index in [-0.39, 0.29) is 0 Å². The van der Waals surface area contributed by atoms with Crippen LogP contribution >= 0.6 is 11.5 Å². The van der Waals surface area contributed by atoms with Crippen molar-refractivity contribution in [1.29, 1.82) is 0 Å². The lowest BCUT2D eigenvalue weighted by Gasteiger charge is -2.35. The van der Waals surface area contributed by atoms with Crippen LogP contribution in [0.2, 0.25) is 0 Å². The fourth-order valence-electron chi connectivity index (χ4n) is 3.56. The van der Waals surface area contributed by atoms with Crippen molar-refractivity contribution in [2.75, 3.05) is 7.05 Å². The minimum absolute atomic E-state index is 0.346. The first-order valence-electron chi connectivity index (χ1n) is 7.04. The second kappa shape index (κ2) is 4.46. The SMILES string of the molecule is CN1[C@@H]2CC[C@H]1CC(Oc1nsc3ccccc13)C2. The fraction of sp³-hybridized carbons (Fsp3) is 0.533. The van der Waals surface area contributed by atoms with Crippen molar-refractivity contribution in [3.63, 3.8) is 0 Å². The molecular formula is C15H18N2OS. The predicted octanol–water partition coefficient (Wildman–Crippen LogP) is 3.30. The van der Waals surface area contributed by atoms with Crippen molar-refractivity contribution in [3.8, 4) is 5.88 Å². The van der Waals surface area contributed by atoms with E-state index in [0.717, 1.165) is 18.7 Å². The third-order valence-electron chi connectivity index (χ3n) is 4.68. The zero-order valence-corrected chi connectivity index (χ0v) is 11.9. The highest BCUT2D eigenvalue weighted by Crippen LogP contribution is 2.37. The molecule has 0 aliphatic carbocycles. The van der Waals surface area contributed by atoms with Crippen LogP contribution in [0, 0.1) is 0 Å². The molecule has 0 amide bonds. The second-order valence-corrected chi connectivity index (χ2v) is 6.55. The molecule has 0 N–H and O–H groups in total. The zero-order chi connectivity index (χ0) is 12.8. The molecule has 19 heavy (non-hydrogen) atoms. The van der Waals surface area contributed by atoms with Crippen molar-refractivity contribution in [2.24, 2.45) is 0 Å². The van der Waals surface area contributed by atoms with Crippen molar-refractivity contribution < 1.29 is 4.74 Å². The summed E-state index contributed by atoms with van der Waals surface area (Å²) in [7, 11) is 2.26. The number of aromatic nitrogens is 1. The molecule has 2 aromatic rings. The van der Waals surface area contributed by atoms with E-state index < -0.39 is 0 Å². The van der Waals surface area contributed by atoms with Gasteiger partial charge in [0.2, 0.25) is 5.88 Å². The predicted molar refractivity (Wildman–Crippen MR) is 77.8 cm³/mol. The first-order chi connectivity index (χ1) is 9.31. The van der Waals surface area contributed by atoms with E-state index >= 15 is 0 Å². The summed E-state index contributed by atoms with van der Waals surface area (Å²) in [6.45, 7) is 0. The van der Waals surface area contributed by atoms with Crippen molar-refractivity contribution in [2.45, 2.75) is 43.9 Å². The van der Waals surface area contributed by atoms with E-state index in [1.807, 2.05) is 0 Å². The van der Waals surface area contributed by atoms with Gasteiger partial charge in [0, 0.05) is 12.1 Å². The molecule has 2 aliphatic rings. The third kappa shape index (κ3) is 1.94. The molecule has 3 nitrogen and oxygen atoms in total. The fourth-order valence-corrected chi connectivity index (χ4v) is 4.28. The van der Waals surface area contributed by atoms with E-state index in [1.165, 1.54) is 34.5 Å². The summed E-state index contributed by atoms with van der Waals surface area (Å²) in [5.41, 5.74) is 0. The van der Waals surface area contributed by atoms with Gasteiger partial charge in [-0.25, -0.2) is 0 Å². The van der Waals surface area contributed by atoms with Crippen LogP contribution in [0.1, 0.15) is 25.7 Å². The van der Waals surface area contributed by atoms with E-state index in [1.54, 1.807) is 0 Å². The number of hydrogen-bond acceptors (Lipinski definition) is 4. The summed E-state index contributed by atoms with van der Waals surface area (Å²) in [6, 6.07) is 9.76. The zero-order valence-electron chi connectivity index (χ0n) is 11.1. The van der Waals surface area contributed by atoms with E-state index in [4.69, 9.17) is 4.74 Å². The highest BCUT2D eigenvalue weighted by molar-refractivity contribution is 7.13. The maximum Gasteiger partial charge on any atom is 0.233 e. The maximum atomic E-state index is 6.21. The molecular weight excluding hydrogens is 256 g/mol. The van der Waals surface area contributed by atoms with Crippen molar-refractivity contribution in [1.82, 2.24) is 9.27 Å². The number of hydrogen-bond donors (Lipinski definition) is 0. The van der Waals surface area contributed by atoms with Crippen LogP contribution in [0.5, 0.6) is 5.88 Å². The summed E-state index contributed by atoms with van der Waals surface area (Å²) in [5, 5.41) is 1.17. The molecule has 0 saturated carbocycles. The highest BCUT2D eigenvalue weighted by Gasteiger charge is 2.39. The Hall–Kier alpha value is -1.13. The number of nitrogens with zero attached hydrogens (tertiary/aromatic N) is 2. The quantitative estimate of drug-likeness (QED) is 0.840. The Labute approximate surface area is 117 Å². The summed E-state index contributed by atoms with van der Waals surface area (Å²) >= 11 is 1.53. The standard InChI is InChI=1S/C15H18N2OS/c1-17-10-6-7-11(17)9-12(8-10)18-15-13-4-2-3-5-14(13)19-16-15/h2-5,10-12H,6-9H2,1H3/t10-,11+,12?. The molecule has 2 fully saturated rings. The largest absolute Gasteiger partial charge is 0.473 e. The number of rotatable bonds is 2. The minimum atomic E-state index is 0.346. The van der Waals surface area contributed by atoms with Gasteiger partial charge < -0.3 is 9.64 Å². The Morgan fingerprint density at radius 2 is 1.95 bits per heavy atom. The first kappa shape index (κ1) is 11.7. The Kier molecular flexibility index (Phi) is 2.74. The summed E-state index contributed by atoms with van der Waals surface area (Å²) in [6.07, 6.45) is 5.31. The minimum Gasteiger partial charge on any atom is -0.473 e. The molecule has 1 aromatic heterocycles. The van der Waals surface area contributed by atoms with Gasteiger partial charge in [0.05, 0.1) is 10.1 Å². The molecule has 1 aromatic carbocycles. The third-order valence-corrected chi connectivity index (χ3v) is 5.49. The molecule has 0 radical (unpaired) electrons. The normalized spacial score (nSPS) is 30.9. The van der Waals surface area contributed by atoms with Gasteiger partial charge in [-0.15, -0.1) is 0 Å². The Bertz CT molecular complexity index is 583. The molecule has 2 saturated heterocycles.